The highest BCUT2D eigenvalue weighted by Gasteiger charge is 2.51. The molecule has 2 heterocycles. The number of rotatable bonds is 9. The Balaban J connectivity index is 1.37. The number of ether oxygens (including phenoxy) is 5. The molecule has 0 spiro atoms. The molecule has 0 aromatic heterocycles. The standard InChI is InChI=1S/C29H32O5S/c1-3-16-30-26-25-24(19-32-28(34-25)22-11-6-5-7-12-22)33-29(35-4-2)27(26)31-18-20-14-15-21-10-8-9-13-23(21)17-20/h3,5-15,17,24-29H,1,4,16,18-19H2,2H3/t24-,25-,26+,27-,28?,29+/m1/s1. The van der Waals surface area contributed by atoms with Gasteiger partial charge < -0.3 is 23.7 Å². The molecule has 2 aliphatic rings. The molecule has 35 heavy (non-hydrogen) atoms. The molecule has 184 valence electrons. The molecule has 5 nitrogen and oxygen atoms in total. The second kappa shape index (κ2) is 11.7. The molecule has 0 radical (unpaired) electrons. The van der Waals surface area contributed by atoms with Gasteiger partial charge in [0.1, 0.15) is 29.9 Å². The minimum Gasteiger partial charge on any atom is -0.368 e. The van der Waals surface area contributed by atoms with Crippen LogP contribution in [0.1, 0.15) is 24.3 Å². The summed E-state index contributed by atoms with van der Waals surface area (Å²) >= 11 is 1.72. The lowest BCUT2D eigenvalue weighted by atomic mass is 9.98. The summed E-state index contributed by atoms with van der Waals surface area (Å²) in [6.45, 7) is 7.28. The van der Waals surface area contributed by atoms with Crippen LogP contribution in [-0.2, 0) is 30.3 Å². The van der Waals surface area contributed by atoms with E-state index < -0.39 is 6.29 Å². The van der Waals surface area contributed by atoms with E-state index in [1.54, 1.807) is 17.8 Å². The monoisotopic (exact) mass is 492 g/mol. The van der Waals surface area contributed by atoms with Gasteiger partial charge in [-0.15, -0.1) is 18.3 Å². The minimum atomic E-state index is -0.465. The van der Waals surface area contributed by atoms with E-state index in [0.29, 0.717) is 19.8 Å². The molecule has 2 aliphatic heterocycles. The van der Waals surface area contributed by atoms with E-state index >= 15 is 0 Å². The van der Waals surface area contributed by atoms with Crippen LogP contribution >= 0.6 is 11.8 Å². The van der Waals surface area contributed by atoms with Crippen molar-refractivity contribution in [1.29, 1.82) is 0 Å². The molecule has 0 N–H and O–H groups in total. The normalized spacial score (nSPS) is 28.5. The smallest absolute Gasteiger partial charge is 0.184 e. The molecule has 5 rings (SSSR count). The van der Waals surface area contributed by atoms with Gasteiger partial charge in [0.05, 0.1) is 19.8 Å². The van der Waals surface area contributed by atoms with Crippen molar-refractivity contribution in [3.05, 3.63) is 96.6 Å². The maximum atomic E-state index is 6.56. The number of hydrogen-bond donors (Lipinski definition) is 0. The molecule has 0 saturated carbocycles. The molecule has 3 aromatic rings. The molecule has 0 amide bonds. The molecule has 2 saturated heterocycles. The van der Waals surface area contributed by atoms with Gasteiger partial charge in [-0.3, -0.25) is 0 Å². The molecule has 0 aliphatic carbocycles. The topological polar surface area (TPSA) is 46.2 Å². The average Bonchev–Trinajstić information content (AvgIpc) is 2.91. The Morgan fingerprint density at radius 2 is 1.74 bits per heavy atom. The zero-order chi connectivity index (χ0) is 24.0. The molecule has 1 unspecified atom stereocenters. The largest absolute Gasteiger partial charge is 0.368 e. The Bertz CT molecular complexity index is 1110. The van der Waals surface area contributed by atoms with Crippen LogP contribution in [0, 0.1) is 0 Å². The van der Waals surface area contributed by atoms with Gasteiger partial charge in [0.15, 0.2) is 6.29 Å². The number of fused-ring (bicyclic) bond motifs is 2. The second-order valence-electron chi connectivity index (χ2n) is 8.72. The van der Waals surface area contributed by atoms with Crippen LogP contribution < -0.4 is 0 Å². The van der Waals surface area contributed by atoms with Crippen molar-refractivity contribution in [2.24, 2.45) is 0 Å². The van der Waals surface area contributed by atoms with Gasteiger partial charge >= 0.3 is 0 Å². The van der Waals surface area contributed by atoms with Crippen molar-refractivity contribution in [1.82, 2.24) is 0 Å². The predicted molar refractivity (Wildman–Crippen MR) is 139 cm³/mol. The zero-order valence-electron chi connectivity index (χ0n) is 20.0. The molecular formula is C29H32O5S. The van der Waals surface area contributed by atoms with E-state index in [1.165, 1.54) is 10.8 Å². The van der Waals surface area contributed by atoms with E-state index in [0.717, 1.165) is 16.9 Å². The summed E-state index contributed by atoms with van der Waals surface area (Å²) in [6.07, 6.45) is 0.139. The molecule has 2 fully saturated rings. The van der Waals surface area contributed by atoms with Crippen molar-refractivity contribution in [3.8, 4) is 0 Å². The third-order valence-corrected chi connectivity index (χ3v) is 7.39. The lowest BCUT2D eigenvalue weighted by Crippen LogP contribution is -2.62. The van der Waals surface area contributed by atoms with Crippen LogP contribution in [0.15, 0.2) is 85.5 Å². The van der Waals surface area contributed by atoms with Crippen LogP contribution in [0.5, 0.6) is 0 Å². The molecule has 6 atom stereocenters. The Kier molecular flexibility index (Phi) is 8.19. The fourth-order valence-corrected chi connectivity index (χ4v) is 5.66. The Morgan fingerprint density at radius 1 is 0.943 bits per heavy atom. The van der Waals surface area contributed by atoms with E-state index in [2.05, 4.69) is 56.0 Å². The van der Waals surface area contributed by atoms with Gasteiger partial charge in [0.2, 0.25) is 0 Å². The van der Waals surface area contributed by atoms with E-state index in [4.69, 9.17) is 23.7 Å². The van der Waals surface area contributed by atoms with Crippen molar-refractivity contribution < 1.29 is 23.7 Å². The van der Waals surface area contributed by atoms with Crippen molar-refractivity contribution in [2.45, 2.75) is 49.7 Å². The fourth-order valence-electron chi connectivity index (χ4n) is 4.69. The van der Waals surface area contributed by atoms with Gasteiger partial charge in [0.25, 0.3) is 0 Å². The van der Waals surface area contributed by atoms with E-state index in [1.807, 2.05) is 30.3 Å². The van der Waals surface area contributed by atoms with Crippen molar-refractivity contribution in [2.75, 3.05) is 19.0 Å². The second-order valence-corrected chi connectivity index (χ2v) is 10.1. The number of hydrogen-bond acceptors (Lipinski definition) is 6. The SMILES string of the molecule is C=CCO[C@@H]1[C@@H](OCc2ccc3ccccc3c2)[C@H](SCC)O[C@@H]2COC(c3ccccc3)O[C@@H]12. The van der Waals surface area contributed by atoms with Crippen LogP contribution in [0.4, 0.5) is 0 Å². The maximum absolute atomic E-state index is 6.56. The Hall–Kier alpha value is -2.19. The lowest BCUT2D eigenvalue weighted by molar-refractivity contribution is -0.327. The van der Waals surface area contributed by atoms with Gasteiger partial charge in [-0.05, 0) is 28.2 Å². The van der Waals surface area contributed by atoms with E-state index in [-0.39, 0.29) is 29.9 Å². The Labute approximate surface area is 211 Å². The van der Waals surface area contributed by atoms with Gasteiger partial charge in [0, 0.05) is 5.56 Å². The highest BCUT2D eigenvalue weighted by atomic mass is 32.2. The summed E-state index contributed by atoms with van der Waals surface area (Å²) in [5.74, 6) is 0.903. The summed E-state index contributed by atoms with van der Waals surface area (Å²) in [4.78, 5) is 0. The summed E-state index contributed by atoms with van der Waals surface area (Å²) in [5, 5.41) is 2.42. The average molecular weight is 493 g/mol. The first-order valence-electron chi connectivity index (χ1n) is 12.2. The maximum Gasteiger partial charge on any atom is 0.184 e. The van der Waals surface area contributed by atoms with Gasteiger partial charge in [-0.2, -0.15) is 0 Å². The van der Waals surface area contributed by atoms with Crippen LogP contribution in [-0.4, -0.2) is 48.8 Å². The fraction of sp³-hybridized carbons (Fsp3) is 0.379. The molecule has 0 bridgehead atoms. The van der Waals surface area contributed by atoms with Crippen molar-refractivity contribution in [3.63, 3.8) is 0 Å². The predicted octanol–water partition coefficient (Wildman–Crippen LogP) is 5.89. The quantitative estimate of drug-likeness (QED) is 0.347. The summed E-state index contributed by atoms with van der Waals surface area (Å²) < 4.78 is 31.9. The van der Waals surface area contributed by atoms with Crippen molar-refractivity contribution >= 4 is 22.5 Å². The highest BCUT2D eigenvalue weighted by molar-refractivity contribution is 7.99. The molecule has 6 heteroatoms. The first-order chi connectivity index (χ1) is 17.3. The summed E-state index contributed by atoms with van der Waals surface area (Å²) in [6, 6.07) is 24.8. The summed E-state index contributed by atoms with van der Waals surface area (Å²) in [5.41, 5.74) is 1.91. The minimum absolute atomic E-state index is 0.183. The number of benzene rings is 3. The first-order valence-corrected chi connectivity index (χ1v) is 13.2. The molecular weight excluding hydrogens is 460 g/mol. The van der Waals surface area contributed by atoms with Crippen LogP contribution in [0.25, 0.3) is 10.8 Å². The van der Waals surface area contributed by atoms with Gasteiger partial charge in [-0.25, -0.2) is 0 Å². The lowest BCUT2D eigenvalue weighted by Gasteiger charge is -2.49. The summed E-state index contributed by atoms with van der Waals surface area (Å²) in [7, 11) is 0. The Morgan fingerprint density at radius 3 is 2.54 bits per heavy atom. The molecule has 3 aromatic carbocycles. The zero-order valence-corrected chi connectivity index (χ0v) is 20.8. The van der Waals surface area contributed by atoms with Crippen LogP contribution in [0.3, 0.4) is 0 Å². The number of thioether (sulfide) groups is 1. The highest BCUT2D eigenvalue weighted by Crippen LogP contribution is 2.39. The van der Waals surface area contributed by atoms with Gasteiger partial charge in [-0.1, -0.05) is 79.7 Å². The third kappa shape index (κ3) is 5.64. The first kappa shape index (κ1) is 24.5. The van der Waals surface area contributed by atoms with Crippen LogP contribution in [0.2, 0.25) is 0 Å². The van der Waals surface area contributed by atoms with E-state index in [9.17, 15) is 0 Å². The third-order valence-electron chi connectivity index (χ3n) is 6.35.